The molecule has 1 atom stereocenters. The van der Waals surface area contributed by atoms with Crippen LogP contribution in [0.15, 0.2) is 34.8 Å². The number of rotatable bonds is 3. The summed E-state index contributed by atoms with van der Waals surface area (Å²) in [5.41, 5.74) is 6.80. The summed E-state index contributed by atoms with van der Waals surface area (Å²) >= 11 is 3.07. The molecule has 0 heterocycles. The number of aryl methyl sites for hydroxylation is 1. The van der Waals surface area contributed by atoms with Gasteiger partial charge in [0, 0.05) is 17.7 Å². The lowest BCUT2D eigenvalue weighted by molar-refractivity contribution is 0.463. The van der Waals surface area contributed by atoms with E-state index in [4.69, 9.17) is 10.5 Å². The fourth-order valence-corrected chi connectivity index (χ4v) is 2.03. The maximum atomic E-state index is 13.6. The summed E-state index contributed by atoms with van der Waals surface area (Å²) in [7, 11) is 0. The molecule has 0 bridgehead atoms. The van der Waals surface area contributed by atoms with E-state index in [1.807, 2.05) is 0 Å². The zero-order chi connectivity index (χ0) is 14.9. The standard InChI is InChI=1S/C15H14BrF2NO/c1-8-5-15(11(9(2)19)7-13(8)17)20-10-3-4-12(16)14(18)6-10/h3-7,9H,19H2,1-2H3. The van der Waals surface area contributed by atoms with Crippen LogP contribution >= 0.6 is 15.9 Å². The Kier molecular flexibility index (Phi) is 4.40. The third kappa shape index (κ3) is 3.16. The molecule has 0 aromatic heterocycles. The normalized spacial score (nSPS) is 12.3. The number of hydrogen-bond acceptors (Lipinski definition) is 2. The average molecular weight is 342 g/mol. The zero-order valence-corrected chi connectivity index (χ0v) is 12.7. The highest BCUT2D eigenvalue weighted by Gasteiger charge is 2.13. The molecule has 0 fully saturated rings. The molecule has 0 aliphatic rings. The molecule has 2 rings (SSSR count). The summed E-state index contributed by atoms with van der Waals surface area (Å²) in [6, 6.07) is 6.95. The van der Waals surface area contributed by atoms with E-state index in [-0.39, 0.29) is 11.9 Å². The smallest absolute Gasteiger partial charge is 0.141 e. The molecular formula is C15H14BrF2NO. The molecule has 2 aromatic rings. The Morgan fingerprint density at radius 3 is 2.45 bits per heavy atom. The fraction of sp³-hybridized carbons (Fsp3) is 0.200. The largest absolute Gasteiger partial charge is 0.457 e. The SMILES string of the molecule is Cc1cc(Oc2ccc(Br)c(F)c2)c(C(C)N)cc1F. The lowest BCUT2D eigenvalue weighted by Gasteiger charge is -2.15. The number of benzene rings is 2. The Bertz CT molecular complexity index is 644. The molecule has 2 N–H and O–H groups in total. The third-order valence-electron chi connectivity index (χ3n) is 2.90. The molecule has 2 nitrogen and oxygen atoms in total. The highest BCUT2D eigenvalue weighted by atomic mass is 79.9. The van der Waals surface area contributed by atoms with Crippen molar-refractivity contribution in [3.63, 3.8) is 0 Å². The highest BCUT2D eigenvalue weighted by molar-refractivity contribution is 9.10. The van der Waals surface area contributed by atoms with E-state index >= 15 is 0 Å². The topological polar surface area (TPSA) is 35.2 Å². The van der Waals surface area contributed by atoms with Gasteiger partial charge in [0.2, 0.25) is 0 Å². The van der Waals surface area contributed by atoms with Crippen LogP contribution in [0.25, 0.3) is 0 Å². The van der Waals surface area contributed by atoms with Crippen molar-refractivity contribution < 1.29 is 13.5 Å². The van der Waals surface area contributed by atoms with Crippen LogP contribution in [-0.2, 0) is 0 Å². The van der Waals surface area contributed by atoms with Crippen LogP contribution in [0, 0.1) is 18.6 Å². The molecule has 0 saturated heterocycles. The Morgan fingerprint density at radius 2 is 1.85 bits per heavy atom. The summed E-state index contributed by atoms with van der Waals surface area (Å²) in [4.78, 5) is 0. The van der Waals surface area contributed by atoms with E-state index in [1.54, 1.807) is 32.0 Å². The van der Waals surface area contributed by atoms with Crippen LogP contribution in [0.3, 0.4) is 0 Å². The quantitative estimate of drug-likeness (QED) is 0.866. The summed E-state index contributed by atoms with van der Waals surface area (Å²) in [6.07, 6.45) is 0. The highest BCUT2D eigenvalue weighted by Crippen LogP contribution is 2.32. The van der Waals surface area contributed by atoms with E-state index < -0.39 is 5.82 Å². The summed E-state index contributed by atoms with van der Waals surface area (Å²) < 4.78 is 33.1. The number of hydrogen-bond donors (Lipinski definition) is 1. The van der Waals surface area contributed by atoms with Gasteiger partial charge in [-0.15, -0.1) is 0 Å². The minimum absolute atomic E-state index is 0.332. The van der Waals surface area contributed by atoms with Gasteiger partial charge in [-0.2, -0.15) is 0 Å². The molecule has 0 spiro atoms. The second kappa shape index (κ2) is 5.89. The van der Waals surface area contributed by atoms with Crippen LogP contribution in [-0.4, -0.2) is 0 Å². The van der Waals surface area contributed by atoms with Crippen molar-refractivity contribution in [1.82, 2.24) is 0 Å². The molecule has 5 heteroatoms. The molecule has 20 heavy (non-hydrogen) atoms. The molecule has 0 amide bonds. The van der Waals surface area contributed by atoms with Gasteiger partial charge in [0.25, 0.3) is 0 Å². The molecule has 1 unspecified atom stereocenters. The van der Waals surface area contributed by atoms with E-state index in [1.165, 1.54) is 12.1 Å². The van der Waals surface area contributed by atoms with Gasteiger partial charge in [-0.25, -0.2) is 8.78 Å². The Morgan fingerprint density at radius 1 is 1.15 bits per heavy atom. The lowest BCUT2D eigenvalue weighted by Crippen LogP contribution is -2.08. The van der Waals surface area contributed by atoms with Crippen LogP contribution in [0.5, 0.6) is 11.5 Å². The molecule has 0 saturated carbocycles. The first kappa shape index (κ1) is 14.9. The van der Waals surface area contributed by atoms with Crippen molar-refractivity contribution in [2.24, 2.45) is 5.73 Å². The maximum Gasteiger partial charge on any atom is 0.141 e. The predicted molar refractivity (Wildman–Crippen MR) is 77.9 cm³/mol. The average Bonchev–Trinajstić information content (AvgIpc) is 2.37. The van der Waals surface area contributed by atoms with Crippen molar-refractivity contribution in [3.05, 3.63) is 57.6 Å². The van der Waals surface area contributed by atoms with Crippen LogP contribution in [0.1, 0.15) is 24.1 Å². The second-order valence-electron chi connectivity index (χ2n) is 4.61. The summed E-state index contributed by atoms with van der Waals surface area (Å²) in [6.45, 7) is 3.37. The van der Waals surface area contributed by atoms with Crippen LogP contribution in [0.4, 0.5) is 8.78 Å². The minimum Gasteiger partial charge on any atom is -0.457 e. The van der Waals surface area contributed by atoms with Crippen molar-refractivity contribution in [2.75, 3.05) is 0 Å². The van der Waals surface area contributed by atoms with Gasteiger partial charge in [0.05, 0.1) is 4.47 Å². The fourth-order valence-electron chi connectivity index (χ4n) is 1.78. The number of halogens is 3. The van der Waals surface area contributed by atoms with Crippen molar-refractivity contribution >= 4 is 15.9 Å². The number of nitrogens with two attached hydrogens (primary N) is 1. The molecule has 0 radical (unpaired) electrons. The predicted octanol–water partition coefficient (Wildman–Crippen LogP) is 4.85. The van der Waals surface area contributed by atoms with Gasteiger partial charge >= 0.3 is 0 Å². The first-order chi connectivity index (χ1) is 9.38. The molecular weight excluding hydrogens is 328 g/mol. The van der Waals surface area contributed by atoms with Crippen molar-refractivity contribution in [2.45, 2.75) is 19.9 Å². The van der Waals surface area contributed by atoms with Crippen LogP contribution in [0.2, 0.25) is 0 Å². The molecule has 0 aliphatic heterocycles. The number of ether oxygens (including phenoxy) is 1. The Labute approximate surface area is 124 Å². The van der Waals surface area contributed by atoms with Crippen molar-refractivity contribution in [3.8, 4) is 11.5 Å². The van der Waals surface area contributed by atoms with Gasteiger partial charge in [-0.1, -0.05) is 0 Å². The Hall–Kier alpha value is -1.46. The minimum atomic E-state index is -0.427. The summed E-state index contributed by atoms with van der Waals surface area (Å²) in [5, 5.41) is 0. The first-order valence-corrected chi connectivity index (χ1v) is 6.86. The first-order valence-electron chi connectivity index (χ1n) is 6.07. The summed E-state index contributed by atoms with van der Waals surface area (Å²) in [5.74, 6) is -0.00505. The molecule has 2 aromatic carbocycles. The van der Waals surface area contributed by atoms with Gasteiger partial charge in [-0.05, 0) is 59.6 Å². The zero-order valence-electron chi connectivity index (χ0n) is 11.1. The third-order valence-corrected chi connectivity index (χ3v) is 3.54. The molecule has 0 aliphatic carbocycles. The monoisotopic (exact) mass is 341 g/mol. The van der Waals surface area contributed by atoms with Crippen molar-refractivity contribution in [1.29, 1.82) is 0 Å². The van der Waals surface area contributed by atoms with Crippen LogP contribution < -0.4 is 10.5 Å². The van der Waals surface area contributed by atoms with E-state index in [9.17, 15) is 8.78 Å². The van der Waals surface area contributed by atoms with E-state index in [2.05, 4.69) is 15.9 Å². The maximum absolute atomic E-state index is 13.6. The van der Waals surface area contributed by atoms with Gasteiger partial charge in [0.15, 0.2) is 0 Å². The molecule has 106 valence electrons. The van der Waals surface area contributed by atoms with E-state index in [0.717, 1.165) is 0 Å². The van der Waals surface area contributed by atoms with Gasteiger partial charge < -0.3 is 10.5 Å². The van der Waals surface area contributed by atoms with E-state index in [0.29, 0.717) is 27.1 Å². The Balaban J connectivity index is 2.41. The van der Waals surface area contributed by atoms with Gasteiger partial charge in [0.1, 0.15) is 23.1 Å². The lowest BCUT2D eigenvalue weighted by atomic mass is 10.1. The second-order valence-corrected chi connectivity index (χ2v) is 5.46. The van der Waals surface area contributed by atoms with Gasteiger partial charge in [-0.3, -0.25) is 0 Å².